The maximum Gasteiger partial charge on any atom is 0.277 e. The van der Waals surface area contributed by atoms with Gasteiger partial charge in [-0.05, 0) is 30.9 Å². The Hall–Kier alpha value is -0.660. The molecule has 1 aromatic rings. The van der Waals surface area contributed by atoms with Gasteiger partial charge in [0.05, 0.1) is 0 Å². The second kappa shape index (κ2) is 8.70. The van der Waals surface area contributed by atoms with Crippen LogP contribution in [0.25, 0.3) is 0 Å². The first-order valence-electron chi connectivity index (χ1n) is 6.83. The number of halogens is 1. The highest BCUT2D eigenvalue weighted by Crippen LogP contribution is 2.17. The molecule has 0 amide bonds. The Balaban J connectivity index is 0.00000400. The van der Waals surface area contributed by atoms with Crippen LogP contribution in [0.15, 0.2) is 24.3 Å². The van der Waals surface area contributed by atoms with E-state index in [1.807, 2.05) is 24.3 Å². The van der Waals surface area contributed by atoms with Crippen LogP contribution in [0, 0.1) is 0 Å². The van der Waals surface area contributed by atoms with Gasteiger partial charge < -0.3 is 5.73 Å². The SMILES string of the molecule is CC(C)NS(=O)(=O)NCC(N)c1ccc(C(C)C)cc1.Cl. The van der Waals surface area contributed by atoms with Gasteiger partial charge in [0.25, 0.3) is 10.2 Å². The van der Waals surface area contributed by atoms with Crippen molar-refractivity contribution in [1.82, 2.24) is 9.44 Å². The van der Waals surface area contributed by atoms with Crippen molar-refractivity contribution in [1.29, 1.82) is 0 Å². The lowest BCUT2D eigenvalue weighted by molar-refractivity contribution is 0.547. The smallest absolute Gasteiger partial charge is 0.277 e. The van der Waals surface area contributed by atoms with E-state index in [-0.39, 0.29) is 31.0 Å². The normalized spacial score (nSPS) is 13.3. The molecule has 122 valence electrons. The van der Waals surface area contributed by atoms with E-state index in [4.69, 9.17) is 5.73 Å². The van der Waals surface area contributed by atoms with E-state index < -0.39 is 10.2 Å². The molecule has 1 unspecified atom stereocenters. The van der Waals surface area contributed by atoms with Crippen LogP contribution in [0.1, 0.15) is 50.8 Å². The first-order chi connectivity index (χ1) is 9.21. The highest BCUT2D eigenvalue weighted by Gasteiger charge is 2.14. The van der Waals surface area contributed by atoms with Crippen LogP contribution in [0.5, 0.6) is 0 Å². The highest BCUT2D eigenvalue weighted by atomic mass is 35.5. The molecule has 4 N–H and O–H groups in total. The molecule has 0 saturated heterocycles. The van der Waals surface area contributed by atoms with Crippen molar-refractivity contribution in [2.45, 2.75) is 45.7 Å². The van der Waals surface area contributed by atoms with Gasteiger partial charge in [-0.2, -0.15) is 13.1 Å². The molecule has 0 saturated carbocycles. The predicted molar refractivity (Wildman–Crippen MR) is 89.9 cm³/mol. The zero-order valence-electron chi connectivity index (χ0n) is 13.0. The fourth-order valence-electron chi connectivity index (χ4n) is 1.80. The van der Waals surface area contributed by atoms with Crippen molar-refractivity contribution in [2.24, 2.45) is 5.73 Å². The number of hydrogen-bond donors (Lipinski definition) is 3. The predicted octanol–water partition coefficient (Wildman–Crippen LogP) is 2.06. The van der Waals surface area contributed by atoms with Crippen LogP contribution in [-0.4, -0.2) is 21.0 Å². The van der Waals surface area contributed by atoms with Crippen LogP contribution >= 0.6 is 12.4 Å². The van der Waals surface area contributed by atoms with Crippen LogP contribution in [0.3, 0.4) is 0 Å². The minimum Gasteiger partial charge on any atom is -0.323 e. The van der Waals surface area contributed by atoms with Gasteiger partial charge in [0, 0.05) is 18.6 Å². The largest absolute Gasteiger partial charge is 0.323 e. The lowest BCUT2D eigenvalue weighted by Crippen LogP contribution is -2.42. The molecule has 0 fully saturated rings. The van der Waals surface area contributed by atoms with Gasteiger partial charge in [0.15, 0.2) is 0 Å². The number of rotatable bonds is 7. The third-order valence-corrected chi connectivity index (χ3v) is 4.24. The summed E-state index contributed by atoms with van der Waals surface area (Å²) in [5.41, 5.74) is 8.16. The van der Waals surface area contributed by atoms with Crippen LogP contribution < -0.4 is 15.2 Å². The summed E-state index contributed by atoms with van der Waals surface area (Å²) in [7, 11) is -3.49. The van der Waals surface area contributed by atoms with Crippen molar-refractivity contribution in [2.75, 3.05) is 6.54 Å². The summed E-state index contributed by atoms with van der Waals surface area (Å²) in [6, 6.07) is 7.45. The van der Waals surface area contributed by atoms with E-state index in [0.717, 1.165) is 5.56 Å². The number of benzene rings is 1. The third-order valence-electron chi connectivity index (χ3n) is 2.92. The molecule has 1 aromatic carbocycles. The number of nitrogens with two attached hydrogens (primary N) is 1. The molecule has 0 aromatic heterocycles. The molecule has 0 aliphatic heterocycles. The Morgan fingerprint density at radius 3 is 1.95 bits per heavy atom. The number of hydrogen-bond acceptors (Lipinski definition) is 3. The Morgan fingerprint density at radius 1 is 1.05 bits per heavy atom. The molecule has 0 radical (unpaired) electrons. The summed E-state index contributed by atoms with van der Waals surface area (Å²) in [6.45, 7) is 7.96. The van der Waals surface area contributed by atoms with Crippen LogP contribution in [0.4, 0.5) is 0 Å². The Labute approximate surface area is 134 Å². The average molecular weight is 336 g/mol. The minimum atomic E-state index is -3.49. The molecule has 0 bridgehead atoms. The Morgan fingerprint density at radius 2 is 1.52 bits per heavy atom. The summed E-state index contributed by atoms with van der Waals surface area (Å²) in [5, 5.41) is 0. The highest BCUT2D eigenvalue weighted by molar-refractivity contribution is 7.87. The molecule has 0 aliphatic carbocycles. The third kappa shape index (κ3) is 7.24. The van der Waals surface area contributed by atoms with Crippen molar-refractivity contribution in [3.05, 3.63) is 35.4 Å². The van der Waals surface area contributed by atoms with Gasteiger partial charge >= 0.3 is 0 Å². The van der Waals surface area contributed by atoms with E-state index in [1.54, 1.807) is 13.8 Å². The van der Waals surface area contributed by atoms with Gasteiger partial charge in [-0.25, -0.2) is 4.72 Å². The summed E-state index contributed by atoms with van der Waals surface area (Å²) in [5.74, 6) is 0.467. The monoisotopic (exact) mass is 335 g/mol. The first-order valence-corrected chi connectivity index (χ1v) is 8.32. The van der Waals surface area contributed by atoms with Gasteiger partial charge in [0.1, 0.15) is 0 Å². The Bertz CT molecular complexity index is 516. The fraction of sp³-hybridized carbons (Fsp3) is 0.571. The maximum atomic E-state index is 11.6. The molecule has 0 spiro atoms. The lowest BCUT2D eigenvalue weighted by Gasteiger charge is -2.16. The fourth-order valence-corrected chi connectivity index (χ4v) is 2.90. The lowest BCUT2D eigenvalue weighted by atomic mass is 9.99. The quantitative estimate of drug-likeness (QED) is 0.713. The minimum absolute atomic E-state index is 0. The maximum absolute atomic E-state index is 11.6. The molecule has 1 rings (SSSR count). The summed E-state index contributed by atoms with van der Waals surface area (Å²) in [6.07, 6.45) is 0. The topological polar surface area (TPSA) is 84.2 Å². The van der Waals surface area contributed by atoms with Gasteiger partial charge in [-0.1, -0.05) is 38.1 Å². The molecular weight excluding hydrogens is 310 g/mol. The second-order valence-electron chi connectivity index (χ2n) is 5.55. The summed E-state index contributed by atoms with van der Waals surface area (Å²) >= 11 is 0. The average Bonchev–Trinajstić information content (AvgIpc) is 2.34. The molecule has 21 heavy (non-hydrogen) atoms. The zero-order valence-corrected chi connectivity index (χ0v) is 14.6. The Kier molecular flexibility index (Phi) is 8.43. The molecule has 7 heteroatoms. The van der Waals surface area contributed by atoms with Crippen molar-refractivity contribution < 1.29 is 8.42 Å². The van der Waals surface area contributed by atoms with E-state index in [0.29, 0.717) is 5.92 Å². The van der Waals surface area contributed by atoms with E-state index >= 15 is 0 Å². The second-order valence-corrected chi connectivity index (χ2v) is 7.08. The molecule has 1 atom stereocenters. The zero-order chi connectivity index (χ0) is 15.3. The molecule has 0 aliphatic rings. The molecule has 5 nitrogen and oxygen atoms in total. The number of nitrogens with one attached hydrogen (secondary N) is 2. The van der Waals surface area contributed by atoms with Crippen molar-refractivity contribution in [3.8, 4) is 0 Å². The van der Waals surface area contributed by atoms with Gasteiger partial charge in [-0.15, -0.1) is 12.4 Å². The van der Waals surface area contributed by atoms with E-state index in [1.165, 1.54) is 5.56 Å². The summed E-state index contributed by atoms with van der Waals surface area (Å²) in [4.78, 5) is 0. The molecule has 0 heterocycles. The van der Waals surface area contributed by atoms with Gasteiger partial charge in [-0.3, -0.25) is 0 Å². The van der Waals surface area contributed by atoms with Crippen molar-refractivity contribution in [3.63, 3.8) is 0 Å². The van der Waals surface area contributed by atoms with Crippen molar-refractivity contribution >= 4 is 22.6 Å². The van der Waals surface area contributed by atoms with E-state index in [9.17, 15) is 8.42 Å². The molecular formula is C14H26ClN3O2S. The summed E-state index contributed by atoms with van der Waals surface area (Å²) < 4.78 is 28.2. The van der Waals surface area contributed by atoms with E-state index in [2.05, 4.69) is 23.3 Å². The first kappa shape index (κ1) is 20.3. The standard InChI is InChI=1S/C14H25N3O2S.ClH/c1-10(2)12-5-7-13(8-6-12)14(15)9-16-20(18,19)17-11(3)4;/h5-8,10-11,14,16-17H,9,15H2,1-4H3;1H. The van der Waals surface area contributed by atoms with Crippen LogP contribution in [0.2, 0.25) is 0 Å². The van der Waals surface area contributed by atoms with Gasteiger partial charge in [0.2, 0.25) is 0 Å². The van der Waals surface area contributed by atoms with Crippen LogP contribution in [-0.2, 0) is 10.2 Å².